The first kappa shape index (κ1) is 31.8. The van der Waals surface area contributed by atoms with Gasteiger partial charge in [0.05, 0.1) is 17.4 Å². The summed E-state index contributed by atoms with van der Waals surface area (Å²) in [7, 11) is 1.72. The number of likely N-dealkylation sites (tertiary alicyclic amines) is 1. The second-order valence-electron chi connectivity index (χ2n) is 11.7. The molecule has 230 valence electrons. The minimum atomic E-state index is -1.10. The van der Waals surface area contributed by atoms with Crippen LogP contribution in [0.2, 0.25) is 0 Å². The molecule has 9 nitrogen and oxygen atoms in total. The number of likely N-dealkylation sites (N-methyl/N-ethyl adjacent to an activating group) is 1. The Labute approximate surface area is 250 Å². The highest BCUT2D eigenvalue weighted by Crippen LogP contribution is 2.64. The highest BCUT2D eigenvalue weighted by Gasteiger charge is 2.78. The number of anilines is 2. The Morgan fingerprint density at radius 1 is 1.02 bits per heavy atom. The quantitative estimate of drug-likeness (QED) is 0.252. The van der Waals surface area contributed by atoms with E-state index < -0.39 is 29.1 Å². The van der Waals surface area contributed by atoms with Crippen molar-refractivity contribution in [2.45, 2.75) is 70.1 Å². The predicted molar refractivity (Wildman–Crippen MR) is 165 cm³/mol. The van der Waals surface area contributed by atoms with Gasteiger partial charge in [0.15, 0.2) is 0 Å². The number of aliphatic hydroxyl groups excluding tert-OH is 1. The minimum absolute atomic E-state index is 0.000402. The van der Waals surface area contributed by atoms with Crippen molar-refractivity contribution in [2.24, 2.45) is 11.8 Å². The number of unbranched alkanes of at least 4 members (excludes halogenated alkanes) is 1. The molecule has 0 radical (unpaired) electrons. The van der Waals surface area contributed by atoms with E-state index in [1.54, 1.807) is 33.9 Å². The van der Waals surface area contributed by atoms with Crippen LogP contribution in [-0.4, -0.2) is 96.3 Å². The van der Waals surface area contributed by atoms with Crippen LogP contribution in [0.15, 0.2) is 49.6 Å². The van der Waals surface area contributed by atoms with Gasteiger partial charge in [-0.05, 0) is 70.2 Å². The van der Waals surface area contributed by atoms with Crippen molar-refractivity contribution in [2.75, 3.05) is 56.2 Å². The van der Waals surface area contributed by atoms with Crippen LogP contribution in [0.25, 0.3) is 0 Å². The molecule has 1 aromatic rings. The first-order valence-corrected chi connectivity index (χ1v) is 15.4. The molecule has 0 aromatic heterocycles. The van der Waals surface area contributed by atoms with Crippen LogP contribution >= 0.6 is 0 Å². The van der Waals surface area contributed by atoms with Crippen LogP contribution in [0.4, 0.5) is 11.4 Å². The Morgan fingerprint density at radius 3 is 2.24 bits per heavy atom. The van der Waals surface area contributed by atoms with Crippen molar-refractivity contribution in [3.63, 3.8) is 0 Å². The maximum Gasteiger partial charge on any atom is 0.253 e. The van der Waals surface area contributed by atoms with Gasteiger partial charge in [-0.1, -0.05) is 19.1 Å². The number of carbonyl (C=O) groups excluding carboxylic acids is 3. The van der Waals surface area contributed by atoms with E-state index in [4.69, 9.17) is 4.74 Å². The maximum atomic E-state index is 14.7. The molecule has 1 spiro atoms. The summed E-state index contributed by atoms with van der Waals surface area (Å²) in [5, 5.41) is 9.47. The second kappa shape index (κ2) is 13.0. The van der Waals surface area contributed by atoms with Crippen molar-refractivity contribution in [3.05, 3.63) is 49.6 Å². The zero-order chi connectivity index (χ0) is 30.7. The number of benzene rings is 1. The molecule has 3 aliphatic heterocycles. The van der Waals surface area contributed by atoms with Crippen LogP contribution in [0.3, 0.4) is 0 Å². The fourth-order valence-corrected chi connectivity index (χ4v) is 7.56. The van der Waals surface area contributed by atoms with Crippen LogP contribution in [0.5, 0.6) is 0 Å². The summed E-state index contributed by atoms with van der Waals surface area (Å²) in [6, 6.07) is 7.02. The number of carbonyl (C=O) groups is 3. The molecule has 0 aliphatic carbocycles. The highest BCUT2D eigenvalue weighted by atomic mass is 16.5. The van der Waals surface area contributed by atoms with E-state index in [-0.39, 0.29) is 30.9 Å². The first-order valence-electron chi connectivity index (χ1n) is 15.4. The smallest absolute Gasteiger partial charge is 0.253 e. The Morgan fingerprint density at radius 2 is 1.67 bits per heavy atom. The lowest BCUT2D eigenvalue weighted by Crippen LogP contribution is -2.56. The van der Waals surface area contributed by atoms with Crippen LogP contribution in [0, 0.1) is 11.8 Å². The molecule has 3 heterocycles. The number of hydrogen-bond acceptors (Lipinski definition) is 6. The predicted octanol–water partition coefficient (Wildman–Crippen LogP) is 3.62. The number of nitrogens with zero attached hydrogens (tertiary/aromatic N) is 4. The van der Waals surface area contributed by atoms with Crippen LogP contribution < -0.4 is 9.80 Å². The van der Waals surface area contributed by atoms with E-state index >= 15 is 0 Å². The lowest BCUT2D eigenvalue weighted by Gasteiger charge is -2.37. The van der Waals surface area contributed by atoms with Gasteiger partial charge >= 0.3 is 0 Å². The monoisotopic (exact) mass is 580 g/mol. The fraction of sp³-hybridized carbons (Fsp3) is 0.606. The van der Waals surface area contributed by atoms with Crippen molar-refractivity contribution >= 4 is 29.1 Å². The van der Waals surface area contributed by atoms with Gasteiger partial charge < -0.3 is 29.4 Å². The summed E-state index contributed by atoms with van der Waals surface area (Å²) >= 11 is 0. The summed E-state index contributed by atoms with van der Waals surface area (Å²) in [4.78, 5) is 50.1. The third kappa shape index (κ3) is 5.15. The minimum Gasteiger partial charge on any atom is -0.396 e. The summed E-state index contributed by atoms with van der Waals surface area (Å²) in [6.07, 6.45) is 6.13. The van der Waals surface area contributed by atoms with Crippen LogP contribution in [0.1, 0.15) is 52.9 Å². The molecule has 1 N–H and O–H groups in total. The molecule has 0 saturated carbocycles. The summed E-state index contributed by atoms with van der Waals surface area (Å²) in [6.45, 7) is 16.6. The van der Waals surface area contributed by atoms with E-state index in [2.05, 4.69) is 31.9 Å². The molecule has 9 heteroatoms. The van der Waals surface area contributed by atoms with Gasteiger partial charge in [0, 0.05) is 57.8 Å². The number of amides is 3. The lowest BCUT2D eigenvalue weighted by atomic mass is 9.64. The third-order valence-corrected chi connectivity index (χ3v) is 9.63. The normalized spacial score (nSPS) is 27.6. The molecule has 2 bridgehead atoms. The van der Waals surface area contributed by atoms with E-state index in [1.165, 1.54) is 0 Å². The summed E-state index contributed by atoms with van der Waals surface area (Å²) < 4.78 is 6.90. The molecular weight excluding hydrogens is 532 g/mol. The SMILES string of the molecule is C=CCN(C)C(=O)[C@H]1[C@H]2C(=O)N(CCCCO)C(C(=O)N(CC=C)c3ccc(N(CC)CC)cc3)C23CC[C@]1(CC)O3. The molecule has 4 rings (SSSR count). The molecule has 5 atom stereocenters. The zero-order valence-corrected chi connectivity index (χ0v) is 25.8. The third-order valence-electron chi connectivity index (χ3n) is 9.63. The molecule has 3 fully saturated rings. The average Bonchev–Trinajstić information content (AvgIpc) is 3.60. The van der Waals surface area contributed by atoms with Crippen molar-refractivity contribution in [1.82, 2.24) is 9.80 Å². The standard InChI is InChI=1S/C33H48N4O5/c1-7-20-34(6)29(39)26-27-30(40)37(22-12-13-23-38)28(33(27)19-18-32(26,9-3)42-33)31(41)36(21-8-2)25-16-14-24(15-17-25)35(10-4)11-5/h7-8,14-17,26-28,38H,1-2,9-13,18-23H2,3-6H3/t26-,27+,28?,32+,33?/m1/s1. The molecular formula is C33H48N4O5. The van der Waals surface area contributed by atoms with Gasteiger partial charge in [-0.2, -0.15) is 0 Å². The molecule has 3 saturated heterocycles. The van der Waals surface area contributed by atoms with E-state index in [1.807, 2.05) is 31.2 Å². The van der Waals surface area contributed by atoms with Crippen LogP contribution in [-0.2, 0) is 19.1 Å². The fourth-order valence-electron chi connectivity index (χ4n) is 7.56. The summed E-state index contributed by atoms with van der Waals surface area (Å²) in [5.41, 5.74) is -0.103. The number of rotatable bonds is 15. The van der Waals surface area contributed by atoms with Gasteiger partial charge in [-0.15, -0.1) is 13.2 Å². The Balaban J connectivity index is 1.77. The van der Waals surface area contributed by atoms with Gasteiger partial charge in [0.1, 0.15) is 11.6 Å². The summed E-state index contributed by atoms with van der Waals surface area (Å²) in [5.74, 6) is -2.00. The van der Waals surface area contributed by atoms with E-state index in [0.29, 0.717) is 45.2 Å². The van der Waals surface area contributed by atoms with E-state index in [0.717, 1.165) is 24.5 Å². The number of fused-ring (bicyclic) bond motifs is 1. The molecule has 3 amide bonds. The van der Waals surface area contributed by atoms with Crippen molar-refractivity contribution in [3.8, 4) is 0 Å². The first-order chi connectivity index (χ1) is 20.2. The van der Waals surface area contributed by atoms with Gasteiger partial charge in [0.2, 0.25) is 11.8 Å². The van der Waals surface area contributed by atoms with Crippen molar-refractivity contribution < 1.29 is 24.2 Å². The average molecular weight is 581 g/mol. The maximum absolute atomic E-state index is 14.7. The molecule has 2 unspecified atom stereocenters. The highest BCUT2D eigenvalue weighted by molar-refractivity contribution is 6.05. The number of aliphatic hydroxyl groups is 1. The van der Waals surface area contributed by atoms with Crippen molar-refractivity contribution in [1.29, 1.82) is 0 Å². The second-order valence-corrected chi connectivity index (χ2v) is 11.7. The topological polar surface area (TPSA) is 93.6 Å². The Hall–Kier alpha value is -3.17. The molecule has 3 aliphatic rings. The number of hydrogen-bond donors (Lipinski definition) is 1. The Kier molecular flexibility index (Phi) is 9.83. The largest absolute Gasteiger partial charge is 0.396 e. The number of ether oxygens (including phenoxy) is 1. The van der Waals surface area contributed by atoms with Gasteiger partial charge in [0.25, 0.3) is 5.91 Å². The van der Waals surface area contributed by atoms with Gasteiger partial charge in [-0.25, -0.2) is 0 Å². The van der Waals surface area contributed by atoms with E-state index in [9.17, 15) is 19.5 Å². The lowest BCUT2D eigenvalue weighted by molar-refractivity contribution is -0.150. The van der Waals surface area contributed by atoms with Gasteiger partial charge in [-0.3, -0.25) is 14.4 Å². The zero-order valence-electron chi connectivity index (χ0n) is 25.8. The molecule has 1 aromatic carbocycles. The molecule has 42 heavy (non-hydrogen) atoms. The Bertz CT molecular complexity index is 1170.